The van der Waals surface area contributed by atoms with Crippen LogP contribution in [0.2, 0.25) is 0 Å². The van der Waals surface area contributed by atoms with Crippen LogP contribution < -0.4 is 5.32 Å². The van der Waals surface area contributed by atoms with Crippen LogP contribution in [-0.4, -0.2) is 20.6 Å². The fourth-order valence-corrected chi connectivity index (χ4v) is 2.36. The van der Waals surface area contributed by atoms with E-state index in [2.05, 4.69) is 26.3 Å². The molecule has 2 rings (SSSR count). The van der Waals surface area contributed by atoms with Crippen LogP contribution in [0.3, 0.4) is 0 Å². The van der Waals surface area contributed by atoms with Crippen LogP contribution in [0.4, 0.5) is 15.8 Å². The van der Waals surface area contributed by atoms with Crippen molar-refractivity contribution in [1.29, 1.82) is 0 Å². The summed E-state index contributed by atoms with van der Waals surface area (Å²) in [5, 5.41) is 17.3. The van der Waals surface area contributed by atoms with Crippen molar-refractivity contribution >= 4 is 33.2 Å². The van der Waals surface area contributed by atoms with Gasteiger partial charge in [-0.15, -0.1) is 0 Å². The summed E-state index contributed by atoms with van der Waals surface area (Å²) in [5.41, 5.74) is 0.408. The summed E-state index contributed by atoms with van der Waals surface area (Å²) < 4.78 is 15.4. The molecule has 9 heteroatoms. The van der Waals surface area contributed by atoms with Crippen LogP contribution in [0.15, 0.2) is 22.7 Å². The van der Waals surface area contributed by atoms with Gasteiger partial charge in [0.1, 0.15) is 23.7 Å². The van der Waals surface area contributed by atoms with Gasteiger partial charge in [0, 0.05) is 4.47 Å². The second-order valence-electron chi connectivity index (χ2n) is 4.61. The van der Waals surface area contributed by atoms with Gasteiger partial charge in [-0.3, -0.25) is 19.6 Å². The van der Waals surface area contributed by atoms with E-state index < -0.39 is 16.6 Å². The number of hydrogen-bond acceptors (Lipinski definition) is 4. The van der Waals surface area contributed by atoms with E-state index in [9.17, 15) is 19.3 Å². The van der Waals surface area contributed by atoms with Gasteiger partial charge in [-0.05, 0) is 32.0 Å². The van der Waals surface area contributed by atoms with Crippen LogP contribution in [0.1, 0.15) is 11.4 Å². The number of halogens is 2. The van der Waals surface area contributed by atoms with Gasteiger partial charge in [0.25, 0.3) is 0 Å². The molecule has 1 aromatic heterocycles. The number of nitrogens with zero attached hydrogens (tertiary/aromatic N) is 3. The average Bonchev–Trinajstić information content (AvgIpc) is 2.67. The molecule has 1 N–H and O–H groups in total. The summed E-state index contributed by atoms with van der Waals surface area (Å²) in [4.78, 5) is 22.3. The van der Waals surface area contributed by atoms with Gasteiger partial charge >= 0.3 is 5.69 Å². The smallest absolute Gasteiger partial charge is 0.312 e. The zero-order chi connectivity index (χ0) is 16.4. The molecule has 0 aliphatic rings. The number of anilines is 1. The SMILES string of the molecule is Cc1nn(CC(=O)Nc2ccc(Br)cc2F)c(C)c1[N+](=O)[O-]. The van der Waals surface area contributed by atoms with Gasteiger partial charge in [-0.2, -0.15) is 5.10 Å². The minimum absolute atomic E-state index is 0.0317. The highest BCUT2D eigenvalue weighted by atomic mass is 79.9. The van der Waals surface area contributed by atoms with E-state index in [-0.39, 0.29) is 29.3 Å². The predicted octanol–water partition coefficient (Wildman–Crippen LogP) is 2.95. The van der Waals surface area contributed by atoms with E-state index in [1.54, 1.807) is 6.07 Å². The van der Waals surface area contributed by atoms with E-state index >= 15 is 0 Å². The predicted molar refractivity (Wildman–Crippen MR) is 81.1 cm³/mol. The third-order valence-electron chi connectivity index (χ3n) is 3.02. The van der Waals surface area contributed by atoms with Crippen molar-refractivity contribution < 1.29 is 14.1 Å². The molecule has 0 fully saturated rings. The molecule has 0 unspecified atom stereocenters. The first-order chi connectivity index (χ1) is 10.3. The van der Waals surface area contributed by atoms with E-state index in [4.69, 9.17) is 0 Å². The lowest BCUT2D eigenvalue weighted by Gasteiger charge is -2.07. The molecule has 0 radical (unpaired) electrons. The third-order valence-corrected chi connectivity index (χ3v) is 3.52. The first-order valence-corrected chi connectivity index (χ1v) is 7.02. The van der Waals surface area contributed by atoms with Gasteiger partial charge in [0.2, 0.25) is 5.91 Å². The minimum Gasteiger partial charge on any atom is -0.322 e. The number of hydrogen-bond donors (Lipinski definition) is 1. The number of amides is 1. The Morgan fingerprint density at radius 2 is 2.18 bits per heavy atom. The van der Waals surface area contributed by atoms with Crippen molar-refractivity contribution in [1.82, 2.24) is 9.78 Å². The molecule has 116 valence electrons. The van der Waals surface area contributed by atoms with Gasteiger partial charge in [-0.25, -0.2) is 4.39 Å². The monoisotopic (exact) mass is 370 g/mol. The number of aryl methyl sites for hydroxylation is 1. The summed E-state index contributed by atoms with van der Waals surface area (Å²) in [7, 11) is 0. The zero-order valence-electron chi connectivity index (χ0n) is 11.8. The third kappa shape index (κ3) is 3.30. The van der Waals surface area contributed by atoms with Crippen LogP contribution in [-0.2, 0) is 11.3 Å². The van der Waals surface area contributed by atoms with E-state index in [0.717, 1.165) is 0 Å². The lowest BCUT2D eigenvalue weighted by molar-refractivity contribution is -0.386. The zero-order valence-corrected chi connectivity index (χ0v) is 13.3. The summed E-state index contributed by atoms with van der Waals surface area (Å²) >= 11 is 3.12. The quantitative estimate of drug-likeness (QED) is 0.661. The molecule has 0 aliphatic heterocycles. The number of benzene rings is 1. The first-order valence-electron chi connectivity index (χ1n) is 6.23. The number of rotatable bonds is 4. The van der Waals surface area contributed by atoms with Gasteiger partial charge in [0.15, 0.2) is 0 Å². The molecule has 0 atom stereocenters. The number of nitro groups is 1. The standard InChI is InChI=1S/C13H12BrFN4O3/c1-7-13(19(21)22)8(2)18(17-7)6-12(20)16-11-4-3-9(14)5-10(11)15/h3-5H,6H2,1-2H3,(H,16,20). The molecule has 0 spiro atoms. The summed E-state index contributed by atoms with van der Waals surface area (Å²) in [5.74, 6) is -1.11. The van der Waals surface area contributed by atoms with Crippen LogP contribution in [0.5, 0.6) is 0 Å². The Morgan fingerprint density at radius 3 is 2.73 bits per heavy atom. The Morgan fingerprint density at radius 1 is 1.50 bits per heavy atom. The molecule has 1 aromatic carbocycles. The molecule has 0 bridgehead atoms. The van der Waals surface area contributed by atoms with Crippen molar-refractivity contribution in [2.75, 3.05) is 5.32 Å². The Hall–Kier alpha value is -2.29. The number of aromatic nitrogens is 2. The van der Waals surface area contributed by atoms with Crippen LogP contribution in [0, 0.1) is 29.8 Å². The highest BCUT2D eigenvalue weighted by Crippen LogP contribution is 2.22. The van der Waals surface area contributed by atoms with Gasteiger partial charge < -0.3 is 5.32 Å². The van der Waals surface area contributed by atoms with Crippen molar-refractivity contribution in [3.8, 4) is 0 Å². The van der Waals surface area contributed by atoms with Crippen molar-refractivity contribution in [3.63, 3.8) is 0 Å². The Labute approximate surface area is 133 Å². The number of carbonyl (C=O) groups is 1. The Balaban J connectivity index is 2.16. The first kappa shape index (κ1) is 16.1. The molecule has 2 aromatic rings. The van der Waals surface area contributed by atoms with Gasteiger partial charge in [-0.1, -0.05) is 15.9 Å². The van der Waals surface area contributed by atoms with Crippen LogP contribution in [0.25, 0.3) is 0 Å². The van der Waals surface area contributed by atoms with E-state index in [1.807, 2.05) is 0 Å². The molecule has 0 saturated carbocycles. The summed E-state index contributed by atoms with van der Waals surface area (Å²) in [6, 6.07) is 4.23. The fraction of sp³-hybridized carbons (Fsp3) is 0.231. The molecule has 1 heterocycles. The molecule has 7 nitrogen and oxygen atoms in total. The molecule has 22 heavy (non-hydrogen) atoms. The maximum absolute atomic E-state index is 13.6. The largest absolute Gasteiger partial charge is 0.322 e. The number of carbonyl (C=O) groups excluding carboxylic acids is 1. The van der Waals surface area contributed by atoms with E-state index in [1.165, 1.54) is 30.7 Å². The Kier molecular flexibility index (Phi) is 4.55. The highest BCUT2D eigenvalue weighted by molar-refractivity contribution is 9.10. The number of nitrogens with one attached hydrogen (secondary N) is 1. The highest BCUT2D eigenvalue weighted by Gasteiger charge is 2.22. The molecular formula is C13H12BrFN4O3. The van der Waals surface area contributed by atoms with Gasteiger partial charge in [0.05, 0.1) is 10.6 Å². The minimum atomic E-state index is -0.581. The topological polar surface area (TPSA) is 90.1 Å². The van der Waals surface area contributed by atoms with Crippen LogP contribution >= 0.6 is 15.9 Å². The lowest BCUT2D eigenvalue weighted by Crippen LogP contribution is -2.21. The molecular weight excluding hydrogens is 359 g/mol. The maximum atomic E-state index is 13.6. The van der Waals surface area contributed by atoms with Crippen molar-refractivity contribution in [2.45, 2.75) is 20.4 Å². The van der Waals surface area contributed by atoms with E-state index in [0.29, 0.717) is 4.47 Å². The fourth-order valence-electron chi connectivity index (χ4n) is 2.02. The summed E-state index contributed by atoms with van der Waals surface area (Å²) in [6.45, 7) is 2.76. The second-order valence-corrected chi connectivity index (χ2v) is 5.52. The average molecular weight is 371 g/mol. The molecule has 0 saturated heterocycles. The molecule has 1 amide bonds. The maximum Gasteiger partial charge on any atom is 0.312 e. The second kappa shape index (κ2) is 6.22. The van der Waals surface area contributed by atoms with Crippen molar-refractivity contribution in [2.24, 2.45) is 0 Å². The lowest BCUT2D eigenvalue weighted by atomic mass is 10.3. The van der Waals surface area contributed by atoms with Crippen molar-refractivity contribution in [3.05, 3.63) is 50.0 Å². The normalized spacial score (nSPS) is 10.5. The summed E-state index contributed by atoms with van der Waals surface area (Å²) in [6.07, 6.45) is 0. The molecule has 0 aliphatic carbocycles. The Bertz CT molecular complexity index is 760.